The summed E-state index contributed by atoms with van der Waals surface area (Å²) in [5.41, 5.74) is 5.02. The molecule has 1 aromatic rings. The molecule has 0 heterocycles. The van der Waals surface area contributed by atoms with E-state index in [-0.39, 0.29) is 0 Å². The average Bonchev–Trinajstić information content (AvgIpc) is 2.28. The number of rotatable bonds is 2. The highest BCUT2D eigenvalue weighted by Gasteiger charge is 2.13. The summed E-state index contributed by atoms with van der Waals surface area (Å²) in [5, 5.41) is 17.9. The first-order valence-electron chi connectivity index (χ1n) is 5.55. The Bertz CT molecular complexity index is 468. The lowest BCUT2D eigenvalue weighted by molar-refractivity contribution is 0.229. The van der Waals surface area contributed by atoms with Gasteiger partial charge in [-0.25, -0.2) is 0 Å². The van der Waals surface area contributed by atoms with E-state index in [4.69, 9.17) is 5.26 Å². The third kappa shape index (κ3) is 2.32. The quantitative estimate of drug-likeness (QED) is 0.767. The van der Waals surface area contributed by atoms with E-state index >= 15 is 0 Å². The highest BCUT2D eigenvalue weighted by atomic mass is 16.3. The fourth-order valence-electron chi connectivity index (χ4n) is 2.12. The van der Waals surface area contributed by atoms with Crippen LogP contribution in [0.4, 0.5) is 0 Å². The van der Waals surface area contributed by atoms with Gasteiger partial charge in [0.2, 0.25) is 0 Å². The van der Waals surface area contributed by atoms with Crippen molar-refractivity contribution in [2.45, 2.75) is 32.3 Å². The number of benzene rings is 1. The maximum atomic E-state index is 9.31. The minimum Gasteiger partial charge on any atom is -0.378 e. The van der Waals surface area contributed by atoms with Crippen LogP contribution in [0, 0.1) is 18.3 Å². The van der Waals surface area contributed by atoms with Gasteiger partial charge in [-0.2, -0.15) is 5.26 Å². The van der Waals surface area contributed by atoms with Crippen molar-refractivity contribution in [1.82, 2.24) is 0 Å². The van der Waals surface area contributed by atoms with E-state index in [1.165, 1.54) is 22.3 Å². The number of fused-ring (bicyclic) bond motifs is 1. The molecule has 1 N–H and O–H groups in total. The van der Waals surface area contributed by atoms with E-state index in [9.17, 15) is 5.11 Å². The summed E-state index contributed by atoms with van der Waals surface area (Å²) < 4.78 is 0. The van der Waals surface area contributed by atoms with Gasteiger partial charge >= 0.3 is 0 Å². The van der Waals surface area contributed by atoms with Gasteiger partial charge in [-0.3, -0.25) is 0 Å². The predicted octanol–water partition coefficient (Wildman–Crippen LogP) is 2.60. The van der Waals surface area contributed by atoms with Gasteiger partial charge in [0.1, 0.15) is 6.10 Å². The summed E-state index contributed by atoms with van der Waals surface area (Å²) in [6, 6.07) is 8.31. The van der Waals surface area contributed by atoms with Crippen molar-refractivity contribution >= 4 is 6.08 Å². The molecule has 0 saturated heterocycles. The zero-order valence-electron chi connectivity index (χ0n) is 9.40. The molecule has 2 nitrogen and oxygen atoms in total. The van der Waals surface area contributed by atoms with Crippen molar-refractivity contribution in [1.29, 1.82) is 5.26 Å². The van der Waals surface area contributed by atoms with Gasteiger partial charge in [0.25, 0.3) is 0 Å². The third-order valence-corrected chi connectivity index (χ3v) is 2.98. The third-order valence-electron chi connectivity index (χ3n) is 2.98. The van der Waals surface area contributed by atoms with E-state index in [2.05, 4.69) is 31.2 Å². The standard InChI is InChI=1S/C14H15NO/c1-10-2-4-12-5-3-11(7-13(12)6-10)8-14(16)9-15/h2,4,6-7,14,16H,3,5,8H2,1H3. The molecule has 2 rings (SSSR count). The second-order valence-corrected chi connectivity index (χ2v) is 4.35. The molecule has 1 atom stereocenters. The zero-order valence-corrected chi connectivity index (χ0v) is 9.40. The summed E-state index contributed by atoms with van der Waals surface area (Å²) in [4.78, 5) is 0. The number of aliphatic hydroxyl groups is 1. The van der Waals surface area contributed by atoms with Gasteiger partial charge in [0.05, 0.1) is 6.07 Å². The Balaban J connectivity index is 2.24. The van der Waals surface area contributed by atoms with E-state index in [1.807, 2.05) is 6.07 Å². The number of aliphatic hydroxyl groups excluding tert-OH is 1. The molecule has 2 heteroatoms. The Morgan fingerprint density at radius 1 is 1.44 bits per heavy atom. The van der Waals surface area contributed by atoms with E-state index < -0.39 is 6.10 Å². The summed E-state index contributed by atoms with van der Waals surface area (Å²) >= 11 is 0. The normalized spacial score (nSPS) is 15.9. The molecule has 16 heavy (non-hydrogen) atoms. The Morgan fingerprint density at radius 3 is 3.00 bits per heavy atom. The van der Waals surface area contributed by atoms with Crippen LogP contribution in [0.1, 0.15) is 29.5 Å². The first kappa shape index (κ1) is 10.9. The molecule has 0 radical (unpaired) electrons. The number of aryl methyl sites for hydroxylation is 2. The first-order chi connectivity index (χ1) is 7.69. The van der Waals surface area contributed by atoms with Crippen molar-refractivity contribution in [2.24, 2.45) is 0 Å². The summed E-state index contributed by atoms with van der Waals surface area (Å²) in [6.07, 6.45) is 3.70. The van der Waals surface area contributed by atoms with Gasteiger partial charge in [-0.1, -0.05) is 35.4 Å². The molecule has 0 aromatic heterocycles. The van der Waals surface area contributed by atoms with Gasteiger partial charge in [0, 0.05) is 6.42 Å². The maximum absolute atomic E-state index is 9.31. The Morgan fingerprint density at radius 2 is 2.25 bits per heavy atom. The largest absolute Gasteiger partial charge is 0.378 e. The van der Waals surface area contributed by atoms with Crippen LogP contribution in [0.2, 0.25) is 0 Å². The topological polar surface area (TPSA) is 44.0 Å². The minimum atomic E-state index is -0.863. The molecular formula is C14H15NO. The van der Waals surface area contributed by atoms with Crippen LogP contribution in [0.5, 0.6) is 0 Å². The SMILES string of the molecule is Cc1ccc2c(c1)C=C(CC(O)C#N)CC2. The molecule has 0 spiro atoms. The Labute approximate surface area is 95.8 Å². The molecule has 0 fully saturated rings. The molecule has 0 bridgehead atoms. The van der Waals surface area contributed by atoms with Crippen molar-refractivity contribution in [2.75, 3.05) is 0 Å². The zero-order chi connectivity index (χ0) is 11.5. The Kier molecular flexibility index (Phi) is 3.07. The first-order valence-corrected chi connectivity index (χ1v) is 5.55. The highest BCUT2D eigenvalue weighted by Crippen LogP contribution is 2.27. The lowest BCUT2D eigenvalue weighted by atomic mass is 9.89. The van der Waals surface area contributed by atoms with Crippen LogP contribution in [0.15, 0.2) is 23.8 Å². The van der Waals surface area contributed by atoms with E-state index in [0.717, 1.165) is 12.8 Å². The fourth-order valence-corrected chi connectivity index (χ4v) is 2.12. The second kappa shape index (κ2) is 4.51. The second-order valence-electron chi connectivity index (χ2n) is 4.35. The van der Waals surface area contributed by atoms with Crippen LogP contribution in [0.25, 0.3) is 6.08 Å². The highest BCUT2D eigenvalue weighted by molar-refractivity contribution is 5.60. The number of nitriles is 1. The monoisotopic (exact) mass is 213 g/mol. The minimum absolute atomic E-state index is 0.476. The number of hydrogen-bond acceptors (Lipinski definition) is 2. The van der Waals surface area contributed by atoms with Crippen molar-refractivity contribution in [3.63, 3.8) is 0 Å². The summed E-state index contributed by atoms with van der Waals surface area (Å²) in [5.74, 6) is 0. The van der Waals surface area contributed by atoms with Crippen LogP contribution in [-0.2, 0) is 6.42 Å². The molecule has 0 saturated carbocycles. The van der Waals surface area contributed by atoms with Crippen LogP contribution < -0.4 is 0 Å². The predicted molar refractivity (Wildman–Crippen MR) is 63.7 cm³/mol. The van der Waals surface area contributed by atoms with Crippen LogP contribution >= 0.6 is 0 Å². The molecule has 0 aliphatic heterocycles. The molecule has 82 valence electrons. The molecule has 1 aromatic carbocycles. The van der Waals surface area contributed by atoms with Crippen molar-refractivity contribution < 1.29 is 5.11 Å². The van der Waals surface area contributed by atoms with Gasteiger partial charge < -0.3 is 5.11 Å². The Hall–Kier alpha value is -1.59. The number of hydrogen-bond donors (Lipinski definition) is 1. The van der Waals surface area contributed by atoms with Crippen molar-refractivity contribution in [3.8, 4) is 6.07 Å². The van der Waals surface area contributed by atoms with Gasteiger partial charge in [0.15, 0.2) is 0 Å². The molecule has 1 unspecified atom stereocenters. The maximum Gasteiger partial charge on any atom is 0.144 e. The molecular weight excluding hydrogens is 198 g/mol. The smallest absolute Gasteiger partial charge is 0.144 e. The molecule has 1 aliphatic rings. The summed E-state index contributed by atoms with van der Waals surface area (Å²) in [7, 11) is 0. The van der Waals surface area contributed by atoms with Crippen LogP contribution in [-0.4, -0.2) is 11.2 Å². The van der Waals surface area contributed by atoms with E-state index in [0.29, 0.717) is 6.42 Å². The average molecular weight is 213 g/mol. The molecule has 1 aliphatic carbocycles. The van der Waals surface area contributed by atoms with Crippen molar-refractivity contribution in [3.05, 3.63) is 40.5 Å². The fraction of sp³-hybridized carbons (Fsp3) is 0.357. The van der Waals surface area contributed by atoms with Gasteiger partial charge in [-0.05, 0) is 30.9 Å². The summed E-state index contributed by atoms with van der Waals surface area (Å²) in [6.45, 7) is 2.08. The van der Waals surface area contributed by atoms with E-state index in [1.54, 1.807) is 0 Å². The lowest BCUT2D eigenvalue weighted by Gasteiger charge is -2.17. The van der Waals surface area contributed by atoms with Gasteiger partial charge in [-0.15, -0.1) is 0 Å². The molecule has 0 amide bonds. The van der Waals surface area contributed by atoms with Crippen LogP contribution in [0.3, 0.4) is 0 Å². The number of nitrogens with zero attached hydrogens (tertiary/aromatic N) is 1. The lowest BCUT2D eigenvalue weighted by Crippen LogP contribution is -2.07.